The lowest BCUT2D eigenvalue weighted by Crippen LogP contribution is -2.36. The number of rotatable bonds is 7. The number of nitrogens with one attached hydrogen (secondary N) is 2. The summed E-state index contributed by atoms with van der Waals surface area (Å²) in [6, 6.07) is 0. The molecule has 0 saturated carbocycles. The van der Waals surface area contributed by atoms with E-state index in [9.17, 15) is 9.90 Å². The van der Waals surface area contributed by atoms with Crippen molar-refractivity contribution < 1.29 is 9.90 Å². The fourth-order valence-corrected chi connectivity index (χ4v) is 3.22. The first-order chi connectivity index (χ1) is 10.6. The molecule has 2 aromatic heterocycles. The fourth-order valence-electron chi connectivity index (χ4n) is 2.29. The van der Waals surface area contributed by atoms with Crippen molar-refractivity contribution in [2.24, 2.45) is 5.92 Å². The van der Waals surface area contributed by atoms with Gasteiger partial charge in [0, 0.05) is 6.54 Å². The Morgan fingerprint density at radius 3 is 2.77 bits per heavy atom. The van der Waals surface area contributed by atoms with Crippen molar-refractivity contribution in [2.45, 2.75) is 39.7 Å². The summed E-state index contributed by atoms with van der Waals surface area (Å²) in [5.41, 5.74) is 0.644. The molecule has 0 aliphatic rings. The van der Waals surface area contributed by atoms with Crippen LogP contribution >= 0.6 is 11.3 Å². The van der Waals surface area contributed by atoms with Gasteiger partial charge in [0.2, 0.25) is 0 Å². The van der Waals surface area contributed by atoms with Crippen LogP contribution in [0.5, 0.6) is 0 Å². The lowest BCUT2D eigenvalue weighted by molar-refractivity contribution is 0.0819. The largest absolute Gasteiger partial charge is 0.391 e. The number of nitrogens with zero attached hydrogens (tertiary/aromatic N) is 3. The number of carbonyl (C=O) groups is 1. The van der Waals surface area contributed by atoms with Crippen LogP contribution in [-0.4, -0.2) is 43.8 Å². The molecule has 2 aromatic rings. The Kier molecular flexibility index (Phi) is 5.62. The Balaban J connectivity index is 2.01. The van der Waals surface area contributed by atoms with Gasteiger partial charge in [-0.25, -0.2) is 9.97 Å². The molecule has 120 valence electrons. The monoisotopic (exact) mass is 323 g/mol. The summed E-state index contributed by atoms with van der Waals surface area (Å²) in [6.07, 6.45) is 2.66. The SMILES string of the molecule is CCC(CC)C(O)CNC(=O)c1sc(-c2ncn[nH]2)nc1C. The highest BCUT2D eigenvalue weighted by molar-refractivity contribution is 7.17. The minimum Gasteiger partial charge on any atom is -0.391 e. The molecule has 0 radical (unpaired) electrons. The number of aryl methyl sites for hydroxylation is 1. The van der Waals surface area contributed by atoms with Gasteiger partial charge in [0.05, 0.1) is 11.8 Å². The van der Waals surface area contributed by atoms with Crippen LogP contribution in [0.3, 0.4) is 0 Å². The van der Waals surface area contributed by atoms with Crippen LogP contribution in [-0.2, 0) is 0 Å². The van der Waals surface area contributed by atoms with E-state index in [2.05, 4.69) is 25.5 Å². The fraction of sp³-hybridized carbons (Fsp3) is 0.571. The van der Waals surface area contributed by atoms with Crippen molar-refractivity contribution in [3.8, 4) is 10.8 Å². The number of aromatic amines is 1. The van der Waals surface area contributed by atoms with Gasteiger partial charge in [-0.1, -0.05) is 26.7 Å². The van der Waals surface area contributed by atoms with E-state index in [1.54, 1.807) is 6.92 Å². The lowest BCUT2D eigenvalue weighted by Gasteiger charge is -2.20. The van der Waals surface area contributed by atoms with Crippen LogP contribution in [0.1, 0.15) is 42.1 Å². The van der Waals surface area contributed by atoms with E-state index in [4.69, 9.17) is 0 Å². The molecule has 0 fully saturated rings. The molecule has 22 heavy (non-hydrogen) atoms. The van der Waals surface area contributed by atoms with Crippen LogP contribution in [0.4, 0.5) is 0 Å². The first-order valence-electron chi connectivity index (χ1n) is 7.36. The zero-order chi connectivity index (χ0) is 16.1. The van der Waals surface area contributed by atoms with Gasteiger partial charge in [-0.3, -0.25) is 9.89 Å². The first kappa shape index (κ1) is 16.6. The molecule has 3 N–H and O–H groups in total. The zero-order valence-corrected chi connectivity index (χ0v) is 13.8. The van der Waals surface area contributed by atoms with Crippen LogP contribution in [0.15, 0.2) is 6.33 Å². The summed E-state index contributed by atoms with van der Waals surface area (Å²) < 4.78 is 0. The molecule has 0 bridgehead atoms. The van der Waals surface area contributed by atoms with Gasteiger partial charge in [0.1, 0.15) is 11.2 Å². The van der Waals surface area contributed by atoms with E-state index in [0.717, 1.165) is 12.8 Å². The van der Waals surface area contributed by atoms with Crippen molar-refractivity contribution in [3.63, 3.8) is 0 Å². The Bertz CT molecular complexity index is 607. The van der Waals surface area contributed by atoms with Crippen LogP contribution in [0.25, 0.3) is 10.8 Å². The third-order valence-corrected chi connectivity index (χ3v) is 4.85. The van der Waals surface area contributed by atoms with E-state index in [1.807, 2.05) is 13.8 Å². The predicted octanol–water partition coefficient (Wildman–Crippen LogP) is 1.76. The summed E-state index contributed by atoms with van der Waals surface area (Å²) in [6.45, 7) is 6.11. The average molecular weight is 323 g/mol. The molecule has 1 atom stereocenters. The van der Waals surface area contributed by atoms with Crippen molar-refractivity contribution in [3.05, 3.63) is 16.9 Å². The van der Waals surface area contributed by atoms with Crippen molar-refractivity contribution in [1.29, 1.82) is 0 Å². The standard InChI is InChI=1S/C14H21N5O2S/c1-4-9(5-2)10(20)6-15-13(21)11-8(3)18-14(22-11)12-16-7-17-19-12/h7,9-10,20H,4-6H2,1-3H3,(H,15,21)(H,16,17,19). The van der Waals surface area contributed by atoms with Gasteiger partial charge in [0.25, 0.3) is 5.91 Å². The number of aliphatic hydroxyl groups is 1. The lowest BCUT2D eigenvalue weighted by atomic mass is 9.96. The van der Waals surface area contributed by atoms with E-state index >= 15 is 0 Å². The van der Waals surface area contributed by atoms with Crippen molar-refractivity contribution >= 4 is 17.2 Å². The van der Waals surface area contributed by atoms with E-state index in [-0.39, 0.29) is 18.4 Å². The molecular weight excluding hydrogens is 302 g/mol. The zero-order valence-electron chi connectivity index (χ0n) is 13.0. The maximum Gasteiger partial charge on any atom is 0.263 e. The molecule has 0 aromatic carbocycles. The summed E-state index contributed by atoms with van der Waals surface area (Å²) in [5.74, 6) is 0.530. The third-order valence-electron chi connectivity index (χ3n) is 3.69. The number of thiazole rings is 1. The van der Waals surface area contributed by atoms with Gasteiger partial charge in [-0.15, -0.1) is 11.3 Å². The number of H-pyrrole nitrogens is 1. The molecule has 0 spiro atoms. The van der Waals surface area contributed by atoms with Gasteiger partial charge in [-0.2, -0.15) is 5.10 Å². The van der Waals surface area contributed by atoms with E-state index < -0.39 is 6.10 Å². The van der Waals surface area contributed by atoms with Crippen LogP contribution in [0.2, 0.25) is 0 Å². The highest BCUT2D eigenvalue weighted by Crippen LogP contribution is 2.25. The summed E-state index contributed by atoms with van der Waals surface area (Å²) in [7, 11) is 0. The number of aliphatic hydroxyl groups excluding tert-OH is 1. The van der Waals surface area contributed by atoms with Crippen molar-refractivity contribution in [1.82, 2.24) is 25.5 Å². The topological polar surface area (TPSA) is 104 Å². The summed E-state index contributed by atoms with van der Waals surface area (Å²) in [5, 5.41) is 20.0. The highest BCUT2D eigenvalue weighted by Gasteiger charge is 2.20. The van der Waals surface area contributed by atoms with Gasteiger partial charge in [-0.05, 0) is 12.8 Å². The number of carbonyl (C=O) groups excluding carboxylic acids is 1. The second-order valence-corrected chi connectivity index (χ2v) is 6.12. The molecule has 2 heterocycles. The second kappa shape index (κ2) is 7.46. The number of aromatic nitrogens is 4. The second-order valence-electron chi connectivity index (χ2n) is 5.12. The Hall–Kier alpha value is -1.80. The van der Waals surface area contributed by atoms with Crippen LogP contribution in [0, 0.1) is 12.8 Å². The quantitative estimate of drug-likeness (QED) is 0.720. The molecular formula is C14H21N5O2S. The Labute approximate surface area is 133 Å². The Morgan fingerprint density at radius 1 is 1.45 bits per heavy atom. The van der Waals surface area contributed by atoms with Gasteiger partial charge >= 0.3 is 0 Å². The average Bonchev–Trinajstić information content (AvgIpc) is 3.15. The summed E-state index contributed by atoms with van der Waals surface area (Å²) in [4.78, 5) is 21.1. The first-order valence-corrected chi connectivity index (χ1v) is 8.17. The van der Waals surface area contributed by atoms with Gasteiger partial charge < -0.3 is 10.4 Å². The number of hydrogen-bond acceptors (Lipinski definition) is 6. The maximum absolute atomic E-state index is 12.3. The summed E-state index contributed by atoms with van der Waals surface area (Å²) >= 11 is 1.26. The Morgan fingerprint density at radius 2 is 2.18 bits per heavy atom. The maximum atomic E-state index is 12.3. The molecule has 2 rings (SSSR count). The molecule has 0 aliphatic heterocycles. The third kappa shape index (κ3) is 3.69. The normalized spacial score (nSPS) is 12.6. The highest BCUT2D eigenvalue weighted by atomic mass is 32.1. The predicted molar refractivity (Wildman–Crippen MR) is 84.6 cm³/mol. The molecule has 1 amide bonds. The molecule has 1 unspecified atom stereocenters. The van der Waals surface area contributed by atoms with Crippen LogP contribution < -0.4 is 5.32 Å². The molecule has 7 nitrogen and oxygen atoms in total. The minimum absolute atomic E-state index is 0.201. The van der Waals surface area contributed by atoms with E-state index in [0.29, 0.717) is 21.4 Å². The van der Waals surface area contributed by atoms with Crippen molar-refractivity contribution in [2.75, 3.05) is 6.54 Å². The molecule has 0 aliphatic carbocycles. The van der Waals surface area contributed by atoms with E-state index in [1.165, 1.54) is 17.7 Å². The van der Waals surface area contributed by atoms with Gasteiger partial charge in [0.15, 0.2) is 10.8 Å². The smallest absolute Gasteiger partial charge is 0.263 e. The molecule has 8 heteroatoms. The molecule has 0 saturated heterocycles. The minimum atomic E-state index is -0.527. The number of hydrogen-bond donors (Lipinski definition) is 3. The number of amides is 1.